The second-order valence-electron chi connectivity index (χ2n) is 6.99. The van der Waals surface area contributed by atoms with Crippen LogP contribution in [0.1, 0.15) is 35.3 Å². The molecule has 1 saturated heterocycles. The second-order valence-corrected chi connectivity index (χ2v) is 7.43. The Morgan fingerprint density at radius 1 is 1.38 bits per heavy atom. The first-order chi connectivity index (χ1) is 11.5. The van der Waals surface area contributed by atoms with Gasteiger partial charge in [-0.3, -0.25) is 4.79 Å². The van der Waals surface area contributed by atoms with Crippen LogP contribution in [0, 0.1) is 12.3 Å². The fourth-order valence-corrected chi connectivity index (χ4v) is 4.42. The van der Waals surface area contributed by atoms with Crippen molar-refractivity contribution in [1.29, 1.82) is 0 Å². The molecule has 128 valence electrons. The maximum Gasteiger partial charge on any atom is 0.267 e. The Bertz CT molecular complexity index is 795. The van der Waals surface area contributed by atoms with Crippen LogP contribution in [0.5, 0.6) is 0 Å². The molecule has 1 aromatic heterocycles. The lowest BCUT2D eigenvalue weighted by atomic mass is 9.58. The zero-order chi connectivity index (χ0) is 16.9. The van der Waals surface area contributed by atoms with E-state index in [0.29, 0.717) is 30.4 Å². The van der Waals surface area contributed by atoms with E-state index >= 15 is 0 Å². The first-order valence-corrected chi connectivity index (χ1v) is 8.73. The van der Waals surface area contributed by atoms with Crippen LogP contribution in [-0.2, 0) is 4.74 Å². The molecule has 0 unspecified atom stereocenters. The van der Waals surface area contributed by atoms with Gasteiger partial charge in [-0.15, -0.1) is 0 Å². The van der Waals surface area contributed by atoms with Crippen LogP contribution in [0.3, 0.4) is 0 Å². The predicted octanol–water partition coefficient (Wildman–Crippen LogP) is 2.79. The Hall–Kier alpha value is -1.56. The van der Waals surface area contributed by atoms with Crippen LogP contribution in [0.2, 0.25) is 5.02 Å². The summed E-state index contributed by atoms with van der Waals surface area (Å²) in [5, 5.41) is 14.9. The van der Waals surface area contributed by atoms with Crippen molar-refractivity contribution in [2.75, 3.05) is 13.2 Å². The number of aryl methyl sites for hydroxylation is 1. The lowest BCUT2D eigenvalue weighted by Crippen LogP contribution is -2.65. The molecule has 4 rings (SSSR count). The summed E-state index contributed by atoms with van der Waals surface area (Å²) in [5.74, 6) is -0.135. The number of ether oxygens (including phenoxy) is 1. The topological polar surface area (TPSA) is 74.3 Å². The summed E-state index contributed by atoms with van der Waals surface area (Å²) in [4.78, 5) is 15.8. The Balaban J connectivity index is 1.55. The van der Waals surface area contributed by atoms with Crippen molar-refractivity contribution < 1.29 is 14.6 Å². The van der Waals surface area contributed by atoms with E-state index in [0.717, 1.165) is 29.3 Å². The number of hydrogen-bond donors (Lipinski definition) is 3. The molecule has 2 heterocycles. The zero-order valence-electron chi connectivity index (χ0n) is 13.6. The lowest BCUT2D eigenvalue weighted by molar-refractivity contribution is -0.145. The first-order valence-electron chi connectivity index (χ1n) is 8.35. The standard InChI is InChI=1S/C18H21ClN2O3/c1-10-6-12(19)7-11-8-13(20-16(10)11)17(23)21-14-9-15(22)18(14)2-4-24-5-3-18/h6-8,14-15,20,22H,2-5,9H2,1H3,(H,21,23)/t14-,15-/m1/s1. The largest absolute Gasteiger partial charge is 0.392 e. The third-order valence-corrected chi connectivity index (χ3v) is 5.90. The monoisotopic (exact) mass is 348 g/mol. The molecule has 0 radical (unpaired) electrons. The van der Waals surface area contributed by atoms with Crippen molar-refractivity contribution in [3.63, 3.8) is 0 Å². The fraction of sp³-hybridized carbons (Fsp3) is 0.500. The molecule has 2 aliphatic rings. The number of aliphatic hydroxyl groups excluding tert-OH is 1. The number of halogens is 1. The van der Waals surface area contributed by atoms with Gasteiger partial charge < -0.3 is 20.1 Å². The normalized spacial score (nSPS) is 25.6. The zero-order valence-corrected chi connectivity index (χ0v) is 14.3. The number of carbonyl (C=O) groups excluding carboxylic acids is 1. The molecule has 1 aliphatic carbocycles. The molecular weight excluding hydrogens is 328 g/mol. The Labute approximate surface area is 145 Å². The van der Waals surface area contributed by atoms with E-state index in [-0.39, 0.29) is 23.5 Å². The second kappa shape index (κ2) is 5.76. The quantitative estimate of drug-likeness (QED) is 0.781. The molecular formula is C18H21ClN2O3. The molecule has 1 saturated carbocycles. The minimum absolute atomic E-state index is 0.00000264. The summed E-state index contributed by atoms with van der Waals surface area (Å²) < 4.78 is 5.41. The smallest absolute Gasteiger partial charge is 0.267 e. The summed E-state index contributed by atoms with van der Waals surface area (Å²) in [6.07, 6.45) is 1.84. The first kappa shape index (κ1) is 15.9. The highest BCUT2D eigenvalue weighted by Crippen LogP contribution is 2.49. The van der Waals surface area contributed by atoms with Gasteiger partial charge in [0.1, 0.15) is 5.69 Å². The molecule has 24 heavy (non-hydrogen) atoms. The van der Waals surface area contributed by atoms with E-state index < -0.39 is 0 Å². The average Bonchev–Trinajstić information content (AvgIpc) is 2.99. The molecule has 2 atom stereocenters. The van der Waals surface area contributed by atoms with E-state index in [2.05, 4.69) is 10.3 Å². The van der Waals surface area contributed by atoms with Crippen LogP contribution in [0.25, 0.3) is 10.9 Å². The number of nitrogens with one attached hydrogen (secondary N) is 2. The van der Waals surface area contributed by atoms with Crippen LogP contribution in [0.15, 0.2) is 18.2 Å². The van der Waals surface area contributed by atoms with Gasteiger partial charge in [-0.1, -0.05) is 11.6 Å². The van der Waals surface area contributed by atoms with Gasteiger partial charge in [-0.05, 0) is 49.9 Å². The van der Waals surface area contributed by atoms with Gasteiger partial charge >= 0.3 is 0 Å². The number of amides is 1. The van der Waals surface area contributed by atoms with Gasteiger partial charge in [-0.25, -0.2) is 0 Å². The summed E-state index contributed by atoms with van der Waals surface area (Å²) in [5.41, 5.74) is 2.24. The summed E-state index contributed by atoms with van der Waals surface area (Å²) in [6.45, 7) is 3.26. The number of aromatic nitrogens is 1. The van der Waals surface area contributed by atoms with Crippen molar-refractivity contribution in [2.45, 2.75) is 38.3 Å². The van der Waals surface area contributed by atoms with Crippen molar-refractivity contribution in [3.05, 3.63) is 34.5 Å². The Kier molecular flexibility index (Phi) is 3.82. The number of aromatic amines is 1. The molecule has 1 aliphatic heterocycles. The van der Waals surface area contributed by atoms with Crippen molar-refractivity contribution in [1.82, 2.24) is 10.3 Å². The average molecular weight is 349 g/mol. The highest BCUT2D eigenvalue weighted by Gasteiger charge is 2.55. The van der Waals surface area contributed by atoms with Crippen LogP contribution in [0.4, 0.5) is 0 Å². The van der Waals surface area contributed by atoms with Gasteiger partial charge in [0, 0.05) is 40.6 Å². The van der Waals surface area contributed by atoms with E-state index in [1.54, 1.807) is 0 Å². The SMILES string of the molecule is Cc1cc(Cl)cc2cc(C(=O)N[C@@H]3C[C@@H](O)C34CCOCC4)[nH]c12. The van der Waals surface area contributed by atoms with Crippen LogP contribution in [-0.4, -0.2) is 41.4 Å². The van der Waals surface area contributed by atoms with Gasteiger partial charge in [0.05, 0.1) is 6.10 Å². The number of aliphatic hydroxyl groups is 1. The minimum atomic E-state index is -0.351. The molecule has 6 heteroatoms. The number of carbonyl (C=O) groups is 1. The Morgan fingerprint density at radius 3 is 2.83 bits per heavy atom. The van der Waals surface area contributed by atoms with Gasteiger partial charge in [0.15, 0.2) is 0 Å². The predicted molar refractivity (Wildman–Crippen MR) is 92.4 cm³/mol. The molecule has 1 spiro atoms. The van der Waals surface area contributed by atoms with Crippen molar-refractivity contribution >= 4 is 28.4 Å². The van der Waals surface area contributed by atoms with Crippen molar-refractivity contribution in [2.24, 2.45) is 5.41 Å². The number of hydrogen-bond acceptors (Lipinski definition) is 3. The van der Waals surface area contributed by atoms with E-state index in [1.165, 1.54) is 0 Å². The van der Waals surface area contributed by atoms with E-state index in [4.69, 9.17) is 16.3 Å². The van der Waals surface area contributed by atoms with Crippen molar-refractivity contribution in [3.8, 4) is 0 Å². The third-order valence-electron chi connectivity index (χ3n) is 5.68. The van der Waals surface area contributed by atoms with Crippen LogP contribution < -0.4 is 5.32 Å². The fourth-order valence-electron chi connectivity index (χ4n) is 4.14. The highest BCUT2D eigenvalue weighted by molar-refractivity contribution is 6.31. The van der Waals surface area contributed by atoms with E-state index in [1.807, 2.05) is 25.1 Å². The Morgan fingerprint density at radius 2 is 2.12 bits per heavy atom. The maximum atomic E-state index is 12.7. The summed E-state index contributed by atoms with van der Waals surface area (Å²) in [7, 11) is 0. The molecule has 1 amide bonds. The van der Waals surface area contributed by atoms with Crippen LogP contribution >= 0.6 is 11.6 Å². The molecule has 3 N–H and O–H groups in total. The molecule has 5 nitrogen and oxygen atoms in total. The van der Waals surface area contributed by atoms with Gasteiger partial charge in [0.2, 0.25) is 0 Å². The summed E-state index contributed by atoms with van der Waals surface area (Å²) in [6, 6.07) is 5.56. The molecule has 0 bridgehead atoms. The van der Waals surface area contributed by atoms with Gasteiger partial charge in [-0.2, -0.15) is 0 Å². The maximum absolute atomic E-state index is 12.7. The summed E-state index contributed by atoms with van der Waals surface area (Å²) >= 11 is 6.09. The third kappa shape index (κ3) is 2.42. The minimum Gasteiger partial charge on any atom is -0.392 e. The van der Waals surface area contributed by atoms with Gasteiger partial charge in [0.25, 0.3) is 5.91 Å². The number of benzene rings is 1. The molecule has 2 fully saturated rings. The molecule has 1 aromatic carbocycles. The number of H-pyrrole nitrogens is 1. The molecule has 2 aromatic rings. The number of fused-ring (bicyclic) bond motifs is 1. The lowest BCUT2D eigenvalue weighted by Gasteiger charge is -2.55. The number of rotatable bonds is 2. The highest BCUT2D eigenvalue weighted by atomic mass is 35.5. The van der Waals surface area contributed by atoms with E-state index in [9.17, 15) is 9.90 Å².